The van der Waals surface area contributed by atoms with E-state index < -0.39 is 0 Å². The highest BCUT2D eigenvalue weighted by Crippen LogP contribution is 2.24. The molecule has 4 heterocycles. The first kappa shape index (κ1) is 19.9. The lowest BCUT2D eigenvalue weighted by Gasteiger charge is -2.31. The van der Waals surface area contributed by atoms with E-state index >= 15 is 0 Å². The van der Waals surface area contributed by atoms with E-state index in [2.05, 4.69) is 53.6 Å². The highest BCUT2D eigenvalue weighted by molar-refractivity contribution is 5.98. The van der Waals surface area contributed by atoms with Crippen LogP contribution in [0.5, 0.6) is 0 Å². The highest BCUT2D eigenvalue weighted by Gasteiger charge is 2.24. The molecule has 0 saturated carbocycles. The largest absolute Gasteiger partial charge is 0.339 e. The van der Waals surface area contributed by atoms with Crippen LogP contribution in [0, 0.1) is 18.3 Å². The van der Waals surface area contributed by atoms with Gasteiger partial charge in [0.1, 0.15) is 23.0 Å². The summed E-state index contributed by atoms with van der Waals surface area (Å²) in [6.07, 6.45) is 6.05. The van der Waals surface area contributed by atoms with Crippen LogP contribution in [-0.2, 0) is 0 Å². The van der Waals surface area contributed by atoms with Gasteiger partial charge in [-0.15, -0.1) is 0 Å². The Morgan fingerprint density at radius 2 is 2.10 bits per heavy atom. The molecule has 1 aliphatic heterocycles. The van der Waals surface area contributed by atoms with Gasteiger partial charge in [0, 0.05) is 62.7 Å². The molecule has 2 N–H and O–H groups in total. The van der Waals surface area contributed by atoms with Crippen molar-refractivity contribution in [2.45, 2.75) is 33.2 Å². The van der Waals surface area contributed by atoms with Crippen LogP contribution in [0.1, 0.15) is 32.1 Å². The van der Waals surface area contributed by atoms with E-state index in [0.717, 1.165) is 23.4 Å². The van der Waals surface area contributed by atoms with Gasteiger partial charge in [-0.05, 0) is 26.8 Å². The number of hydrogen-bond acceptors (Lipinski definition) is 8. The number of fused-ring (bicyclic) bond motifs is 1. The van der Waals surface area contributed by atoms with Crippen LogP contribution in [0.4, 0.5) is 17.6 Å². The summed E-state index contributed by atoms with van der Waals surface area (Å²) in [7, 11) is 1.74. The topological polar surface area (TPSA) is 108 Å². The lowest BCUT2D eigenvalue weighted by atomic mass is 9.97. The smallest absolute Gasteiger partial charge is 0.227 e. The Morgan fingerprint density at radius 3 is 2.87 bits per heavy atom. The van der Waals surface area contributed by atoms with E-state index in [9.17, 15) is 0 Å². The number of pyridine rings is 1. The molecule has 1 aliphatic rings. The van der Waals surface area contributed by atoms with Gasteiger partial charge in [-0.2, -0.15) is 4.98 Å². The molecule has 30 heavy (non-hydrogen) atoms. The fourth-order valence-electron chi connectivity index (χ4n) is 3.92. The molecule has 3 aromatic heterocycles. The molecule has 9 nitrogen and oxygen atoms in total. The summed E-state index contributed by atoms with van der Waals surface area (Å²) < 4.78 is 2.20. The lowest BCUT2D eigenvalue weighted by Crippen LogP contribution is -2.42. The summed E-state index contributed by atoms with van der Waals surface area (Å²) in [6.45, 7) is 7.70. The van der Waals surface area contributed by atoms with Gasteiger partial charge < -0.3 is 25.2 Å². The Kier molecular flexibility index (Phi) is 5.43. The predicted octanol–water partition coefficient (Wildman–Crippen LogP) is 3.40. The lowest BCUT2D eigenvalue weighted by molar-refractivity contribution is 0.600. The van der Waals surface area contributed by atoms with Crippen molar-refractivity contribution in [1.82, 2.24) is 24.5 Å². The van der Waals surface area contributed by atoms with Gasteiger partial charge >= 0.3 is 0 Å². The van der Waals surface area contributed by atoms with Gasteiger partial charge in [-0.25, -0.2) is 15.0 Å². The Balaban J connectivity index is 1.58. The minimum Gasteiger partial charge on any atom is -0.339 e. The van der Waals surface area contributed by atoms with Crippen molar-refractivity contribution in [2.24, 2.45) is 10.9 Å². The number of nitrogens with one attached hydrogen (secondary N) is 2. The molecule has 0 bridgehead atoms. The molecule has 1 fully saturated rings. The molecule has 0 aliphatic carbocycles. The fourth-order valence-corrected chi connectivity index (χ4v) is 3.92. The highest BCUT2D eigenvalue weighted by atomic mass is 15.3. The molecular formula is C21H27N9. The van der Waals surface area contributed by atoms with E-state index in [1.165, 1.54) is 0 Å². The van der Waals surface area contributed by atoms with Crippen molar-refractivity contribution >= 4 is 40.5 Å². The van der Waals surface area contributed by atoms with Crippen LogP contribution in [-0.4, -0.2) is 56.6 Å². The normalized spacial score (nSPS) is 17.4. The van der Waals surface area contributed by atoms with E-state index in [4.69, 9.17) is 5.41 Å². The number of aliphatic imine (C=N–C) groups is 1. The van der Waals surface area contributed by atoms with Crippen molar-refractivity contribution < 1.29 is 0 Å². The van der Waals surface area contributed by atoms with Gasteiger partial charge in [0.15, 0.2) is 0 Å². The second kappa shape index (κ2) is 8.17. The molecular weight excluding hydrogens is 378 g/mol. The SMILES string of the molecule is CN=CC1CN(c2nccc(Nc3cc4c(cn3)nc(C)n4C(C)C)n2)CCC1=N. The first-order valence-corrected chi connectivity index (χ1v) is 10.2. The first-order chi connectivity index (χ1) is 14.5. The molecule has 1 atom stereocenters. The van der Waals surface area contributed by atoms with Crippen molar-refractivity contribution in [1.29, 1.82) is 5.41 Å². The third kappa shape index (κ3) is 3.87. The van der Waals surface area contributed by atoms with Crippen molar-refractivity contribution in [3.05, 3.63) is 30.4 Å². The molecule has 9 heteroatoms. The number of piperidine rings is 1. The maximum atomic E-state index is 8.12. The van der Waals surface area contributed by atoms with Crippen LogP contribution in [0.2, 0.25) is 0 Å². The molecule has 4 rings (SSSR count). The van der Waals surface area contributed by atoms with Crippen molar-refractivity contribution in [3.63, 3.8) is 0 Å². The Bertz CT molecular complexity index is 1100. The molecule has 0 aromatic carbocycles. The van der Waals surface area contributed by atoms with Gasteiger partial charge in [0.05, 0.1) is 11.7 Å². The number of hydrogen-bond donors (Lipinski definition) is 2. The second-order valence-electron chi connectivity index (χ2n) is 7.78. The van der Waals surface area contributed by atoms with Crippen LogP contribution in [0.25, 0.3) is 11.0 Å². The molecule has 1 saturated heterocycles. The first-order valence-electron chi connectivity index (χ1n) is 10.2. The molecule has 156 valence electrons. The summed E-state index contributed by atoms with van der Waals surface area (Å²) >= 11 is 0. The molecule has 3 aromatic rings. The monoisotopic (exact) mass is 405 g/mol. The average molecular weight is 406 g/mol. The summed E-state index contributed by atoms with van der Waals surface area (Å²) in [4.78, 5) is 24.4. The van der Waals surface area contributed by atoms with Gasteiger partial charge in [0.25, 0.3) is 0 Å². The van der Waals surface area contributed by atoms with Crippen LogP contribution < -0.4 is 10.2 Å². The van der Waals surface area contributed by atoms with E-state index in [1.807, 2.05) is 25.3 Å². The Labute approximate surface area is 175 Å². The second-order valence-corrected chi connectivity index (χ2v) is 7.78. The van der Waals surface area contributed by atoms with Crippen LogP contribution in [0.3, 0.4) is 0 Å². The minimum atomic E-state index is 0.00704. The number of aryl methyl sites for hydroxylation is 1. The third-order valence-electron chi connectivity index (χ3n) is 5.30. The molecule has 0 spiro atoms. The Hall–Kier alpha value is -3.36. The van der Waals surface area contributed by atoms with E-state index in [0.29, 0.717) is 42.3 Å². The summed E-state index contributed by atoms with van der Waals surface area (Å²) in [5, 5.41) is 11.4. The zero-order chi connectivity index (χ0) is 21.3. The summed E-state index contributed by atoms with van der Waals surface area (Å²) in [5.41, 5.74) is 2.64. The number of rotatable bonds is 5. The number of nitrogens with zero attached hydrogens (tertiary/aromatic N) is 7. The fraction of sp³-hybridized carbons (Fsp3) is 0.429. The van der Waals surface area contributed by atoms with Crippen LogP contribution >= 0.6 is 0 Å². The number of anilines is 3. The standard InChI is InChI=1S/C21H27N9/c1-13(2)30-14(3)26-17-11-25-20(9-18(17)30)27-19-5-7-24-21(28-19)29-8-6-16(22)15(12-29)10-23-4/h5,7,9-11,13,15,22H,6,8,12H2,1-4H3,(H,24,25,27,28). The summed E-state index contributed by atoms with van der Waals surface area (Å²) in [5.74, 6) is 3.02. The quantitative estimate of drug-likeness (QED) is 0.630. The molecule has 0 amide bonds. The van der Waals surface area contributed by atoms with E-state index in [-0.39, 0.29) is 5.92 Å². The summed E-state index contributed by atoms with van der Waals surface area (Å²) in [6, 6.07) is 4.15. The zero-order valence-electron chi connectivity index (χ0n) is 17.8. The predicted molar refractivity (Wildman–Crippen MR) is 120 cm³/mol. The maximum absolute atomic E-state index is 8.12. The number of imidazole rings is 1. The van der Waals surface area contributed by atoms with Crippen molar-refractivity contribution in [3.8, 4) is 0 Å². The van der Waals surface area contributed by atoms with Gasteiger partial charge in [-0.1, -0.05) is 0 Å². The van der Waals surface area contributed by atoms with Gasteiger partial charge in [0.2, 0.25) is 5.95 Å². The zero-order valence-corrected chi connectivity index (χ0v) is 17.8. The molecule has 0 radical (unpaired) electrons. The average Bonchev–Trinajstić information content (AvgIpc) is 3.05. The van der Waals surface area contributed by atoms with Crippen molar-refractivity contribution in [2.75, 3.05) is 30.4 Å². The van der Waals surface area contributed by atoms with Crippen LogP contribution in [0.15, 0.2) is 29.5 Å². The third-order valence-corrected chi connectivity index (χ3v) is 5.30. The maximum Gasteiger partial charge on any atom is 0.227 e. The number of aromatic nitrogens is 5. The van der Waals surface area contributed by atoms with Gasteiger partial charge in [-0.3, -0.25) is 0 Å². The van der Waals surface area contributed by atoms with E-state index in [1.54, 1.807) is 19.4 Å². The Morgan fingerprint density at radius 1 is 1.27 bits per heavy atom. The minimum absolute atomic E-state index is 0.00704. The molecule has 1 unspecified atom stereocenters.